The largest absolute Gasteiger partial charge is 0.358 e. The first-order valence-corrected chi connectivity index (χ1v) is 12.0. The number of halogens is 2. The Labute approximate surface area is 212 Å². The highest BCUT2D eigenvalue weighted by molar-refractivity contribution is 6.30. The molecule has 35 heavy (non-hydrogen) atoms. The summed E-state index contributed by atoms with van der Waals surface area (Å²) in [6, 6.07) is 14.6. The van der Waals surface area contributed by atoms with Gasteiger partial charge in [0.1, 0.15) is 11.3 Å². The number of rotatable bonds is 9. The summed E-state index contributed by atoms with van der Waals surface area (Å²) >= 11 is 12.0. The number of carbonyl (C=O) groups excluding carboxylic acids is 3. The van der Waals surface area contributed by atoms with Crippen LogP contribution < -0.4 is 10.7 Å². The number of pyridine rings is 1. The Morgan fingerprint density at radius 2 is 1.51 bits per heavy atom. The number of hydrogen-bond acceptors (Lipinski definition) is 4. The van der Waals surface area contributed by atoms with E-state index in [2.05, 4.69) is 10.3 Å². The van der Waals surface area contributed by atoms with E-state index in [9.17, 15) is 19.2 Å². The maximum Gasteiger partial charge on any atom is 0.257 e. The molecule has 1 aliphatic carbocycles. The van der Waals surface area contributed by atoms with Crippen LogP contribution in [0.25, 0.3) is 0 Å². The zero-order chi connectivity index (χ0) is 25.2. The van der Waals surface area contributed by atoms with Crippen LogP contribution in [0.4, 0.5) is 0 Å². The average Bonchev–Trinajstić information content (AvgIpc) is 3.63. The van der Waals surface area contributed by atoms with Crippen LogP contribution >= 0.6 is 23.2 Å². The molecule has 4 rings (SSSR count). The van der Waals surface area contributed by atoms with Gasteiger partial charge in [0.25, 0.3) is 5.91 Å². The molecule has 8 heteroatoms. The lowest BCUT2D eigenvalue weighted by Gasteiger charge is -2.20. The highest BCUT2D eigenvalue weighted by Gasteiger charge is 2.46. The predicted molar refractivity (Wildman–Crippen MR) is 135 cm³/mol. The Bertz CT molecular complexity index is 1280. The van der Waals surface area contributed by atoms with Crippen molar-refractivity contribution < 1.29 is 14.4 Å². The van der Waals surface area contributed by atoms with Crippen molar-refractivity contribution in [2.45, 2.75) is 38.6 Å². The van der Waals surface area contributed by atoms with Gasteiger partial charge in [-0.1, -0.05) is 47.5 Å². The summed E-state index contributed by atoms with van der Waals surface area (Å²) in [5.74, 6) is -0.753. The van der Waals surface area contributed by atoms with Gasteiger partial charge in [-0.05, 0) is 61.6 Å². The second-order valence-electron chi connectivity index (χ2n) is 8.89. The molecule has 2 aromatic carbocycles. The third kappa shape index (κ3) is 5.72. The molecule has 1 amide bonds. The van der Waals surface area contributed by atoms with Crippen LogP contribution in [-0.2, 0) is 4.79 Å². The Hall–Kier alpha value is -3.22. The number of benzene rings is 2. The van der Waals surface area contributed by atoms with E-state index in [0.717, 1.165) is 30.0 Å². The molecule has 1 aliphatic rings. The summed E-state index contributed by atoms with van der Waals surface area (Å²) in [5.41, 5.74) is 0.604. The number of amides is 1. The second-order valence-corrected chi connectivity index (χ2v) is 9.77. The summed E-state index contributed by atoms with van der Waals surface area (Å²) in [4.78, 5) is 52.9. The average molecular weight is 511 g/mol. The smallest absolute Gasteiger partial charge is 0.257 e. The molecule has 2 N–H and O–H groups in total. The molecule has 0 aliphatic heterocycles. The molecule has 0 atom stereocenters. The van der Waals surface area contributed by atoms with Gasteiger partial charge in [-0.3, -0.25) is 19.2 Å². The van der Waals surface area contributed by atoms with Crippen LogP contribution in [0.2, 0.25) is 10.0 Å². The number of aromatic nitrogens is 1. The van der Waals surface area contributed by atoms with E-state index >= 15 is 0 Å². The van der Waals surface area contributed by atoms with Crippen molar-refractivity contribution in [3.05, 3.63) is 103 Å². The van der Waals surface area contributed by atoms with Gasteiger partial charge in [-0.15, -0.1) is 0 Å². The molecule has 0 spiro atoms. The van der Waals surface area contributed by atoms with E-state index in [1.54, 1.807) is 55.5 Å². The van der Waals surface area contributed by atoms with Crippen molar-refractivity contribution in [1.82, 2.24) is 10.3 Å². The quantitative estimate of drug-likeness (QED) is 0.369. The lowest BCUT2D eigenvalue weighted by Crippen LogP contribution is -2.33. The molecule has 3 aromatic rings. The van der Waals surface area contributed by atoms with Crippen molar-refractivity contribution in [1.29, 1.82) is 0 Å². The minimum absolute atomic E-state index is 0.0988. The normalized spacial score (nSPS) is 13.9. The van der Waals surface area contributed by atoms with E-state index in [4.69, 9.17) is 23.2 Å². The molecule has 0 bridgehead atoms. The fourth-order valence-corrected chi connectivity index (χ4v) is 4.36. The third-order valence-electron chi connectivity index (χ3n) is 6.57. The number of nitrogens with one attached hydrogen (secondary N) is 2. The van der Waals surface area contributed by atoms with Gasteiger partial charge >= 0.3 is 0 Å². The van der Waals surface area contributed by atoms with Gasteiger partial charge in [0.05, 0.1) is 11.7 Å². The Morgan fingerprint density at radius 1 is 0.971 bits per heavy atom. The molecular formula is C27H24Cl2N2O4. The standard InChI is InChI=1S/C27H24Cl2N2O4/c1-16(32)27(12-13-27)11-10-23(33)22-14-24(34)21(15-30-22)26(35)31-25(17-2-6-19(28)7-3-17)18-4-8-20(29)9-5-18/h2-9,14-15,25H,10-13H2,1H3,(H,30,34)(H,31,35). The van der Waals surface area contributed by atoms with E-state index in [-0.39, 0.29) is 34.7 Å². The van der Waals surface area contributed by atoms with Crippen LogP contribution in [0.5, 0.6) is 0 Å². The van der Waals surface area contributed by atoms with Crippen LogP contribution in [0.3, 0.4) is 0 Å². The fourth-order valence-electron chi connectivity index (χ4n) is 4.10. The lowest BCUT2D eigenvalue weighted by atomic mass is 9.94. The molecule has 0 radical (unpaired) electrons. The molecular weight excluding hydrogens is 487 g/mol. The topological polar surface area (TPSA) is 96.1 Å². The molecule has 1 heterocycles. The van der Waals surface area contributed by atoms with Gasteiger partial charge in [0, 0.05) is 34.1 Å². The van der Waals surface area contributed by atoms with Gasteiger partial charge in [-0.25, -0.2) is 0 Å². The number of Topliss-reactive ketones (excluding diaryl/α,β-unsaturated/α-hetero) is 2. The Kier molecular flexibility index (Phi) is 7.24. The Morgan fingerprint density at radius 3 is 1.97 bits per heavy atom. The first-order chi connectivity index (χ1) is 16.7. The van der Waals surface area contributed by atoms with Crippen LogP contribution in [0.15, 0.2) is 65.6 Å². The summed E-state index contributed by atoms with van der Waals surface area (Å²) in [7, 11) is 0. The second kappa shape index (κ2) is 10.2. The predicted octanol–water partition coefficient (Wildman–Crippen LogP) is 5.53. The molecule has 0 saturated heterocycles. The van der Waals surface area contributed by atoms with Gasteiger partial charge in [0.15, 0.2) is 11.2 Å². The molecule has 6 nitrogen and oxygen atoms in total. The van der Waals surface area contributed by atoms with Crippen LogP contribution in [0.1, 0.15) is 70.6 Å². The van der Waals surface area contributed by atoms with Gasteiger partial charge < -0.3 is 10.3 Å². The summed E-state index contributed by atoms with van der Waals surface area (Å²) in [6.45, 7) is 1.55. The first kappa shape index (κ1) is 24.9. The summed E-state index contributed by atoms with van der Waals surface area (Å²) in [5, 5.41) is 4.01. The lowest BCUT2D eigenvalue weighted by molar-refractivity contribution is -0.122. The monoisotopic (exact) mass is 510 g/mol. The maximum atomic E-state index is 13.1. The minimum atomic E-state index is -0.589. The van der Waals surface area contributed by atoms with Crippen LogP contribution in [-0.4, -0.2) is 22.5 Å². The minimum Gasteiger partial charge on any atom is -0.358 e. The molecule has 1 aromatic heterocycles. The van der Waals surface area contributed by atoms with Crippen molar-refractivity contribution in [3.63, 3.8) is 0 Å². The van der Waals surface area contributed by atoms with Crippen molar-refractivity contribution in [2.75, 3.05) is 0 Å². The van der Waals surface area contributed by atoms with Crippen molar-refractivity contribution in [2.24, 2.45) is 5.41 Å². The fraction of sp³-hybridized carbons (Fsp3) is 0.259. The molecule has 0 unspecified atom stereocenters. The van der Waals surface area contributed by atoms with E-state index in [0.29, 0.717) is 16.5 Å². The van der Waals surface area contributed by atoms with Crippen molar-refractivity contribution >= 4 is 40.7 Å². The summed E-state index contributed by atoms with van der Waals surface area (Å²) in [6.07, 6.45) is 3.48. The van der Waals surface area contributed by atoms with Gasteiger partial charge in [-0.2, -0.15) is 0 Å². The van der Waals surface area contributed by atoms with Gasteiger partial charge in [0.2, 0.25) is 0 Å². The SMILES string of the molecule is CC(=O)C1(CCC(=O)c2cc(=O)c(C(=O)NC(c3ccc(Cl)cc3)c3ccc(Cl)cc3)c[nH]2)CC1. The highest BCUT2D eigenvalue weighted by atomic mass is 35.5. The molecule has 1 fully saturated rings. The van der Waals surface area contributed by atoms with Crippen molar-refractivity contribution in [3.8, 4) is 0 Å². The number of ketones is 2. The first-order valence-electron chi connectivity index (χ1n) is 11.3. The van der Waals surface area contributed by atoms with E-state index in [1.807, 2.05) is 0 Å². The molecule has 1 saturated carbocycles. The number of carbonyl (C=O) groups is 3. The van der Waals surface area contributed by atoms with Crippen LogP contribution in [0, 0.1) is 5.41 Å². The zero-order valence-electron chi connectivity index (χ0n) is 19.1. The number of H-pyrrole nitrogens is 1. The molecule has 180 valence electrons. The number of hydrogen-bond donors (Lipinski definition) is 2. The van der Waals surface area contributed by atoms with E-state index < -0.39 is 17.4 Å². The maximum absolute atomic E-state index is 13.1. The third-order valence-corrected chi connectivity index (χ3v) is 7.07. The zero-order valence-corrected chi connectivity index (χ0v) is 20.6. The number of aromatic amines is 1. The Balaban J connectivity index is 1.52. The highest BCUT2D eigenvalue weighted by Crippen LogP contribution is 2.50. The van der Waals surface area contributed by atoms with E-state index in [1.165, 1.54) is 6.20 Å². The summed E-state index contributed by atoms with van der Waals surface area (Å²) < 4.78 is 0.